The average Bonchev–Trinajstić information content (AvgIpc) is 3.29. The zero-order valence-corrected chi connectivity index (χ0v) is 18.4. The van der Waals surface area contributed by atoms with Gasteiger partial charge in [-0.15, -0.1) is 0 Å². The lowest BCUT2D eigenvalue weighted by atomic mass is 9.81. The molecular formula is C26H30N2O4. The molecule has 2 aromatic rings. The van der Waals surface area contributed by atoms with Crippen molar-refractivity contribution in [2.75, 3.05) is 11.4 Å². The fraction of sp³-hybridized carbons (Fsp3) is 0.423. The van der Waals surface area contributed by atoms with E-state index in [-0.39, 0.29) is 42.7 Å². The zero-order valence-electron chi connectivity index (χ0n) is 18.4. The number of para-hydroxylation sites is 1. The van der Waals surface area contributed by atoms with E-state index in [2.05, 4.69) is 0 Å². The molecular weight excluding hydrogens is 404 g/mol. The Morgan fingerprint density at radius 2 is 1.72 bits per heavy atom. The van der Waals surface area contributed by atoms with Crippen LogP contribution in [0.5, 0.6) is 0 Å². The molecule has 0 spiro atoms. The normalized spacial score (nSPS) is 21.5. The van der Waals surface area contributed by atoms with Gasteiger partial charge in [-0.05, 0) is 43.0 Å². The van der Waals surface area contributed by atoms with E-state index in [1.807, 2.05) is 71.3 Å². The van der Waals surface area contributed by atoms with Gasteiger partial charge in [0.25, 0.3) is 5.91 Å². The smallest absolute Gasteiger partial charge is 0.303 e. The standard InChI is InChI=1S/C26H30N2O4/c1-2-17-27(23(29)15-16-24(30)31)25-19-11-6-7-13-21(19)28(22-14-8-12-20(22)25)26(32)18-9-4-3-5-10-18/h3-7,9-11,13,20,22,25H,2,8,12,14-17H2,1H3,(H,30,31). The van der Waals surface area contributed by atoms with Crippen LogP contribution < -0.4 is 4.90 Å². The Balaban J connectivity index is 1.76. The molecule has 1 aliphatic heterocycles. The van der Waals surface area contributed by atoms with Gasteiger partial charge in [0.05, 0.1) is 12.5 Å². The van der Waals surface area contributed by atoms with Crippen LogP contribution in [-0.2, 0) is 9.59 Å². The maximum Gasteiger partial charge on any atom is 0.303 e. The van der Waals surface area contributed by atoms with Gasteiger partial charge in [-0.2, -0.15) is 0 Å². The number of rotatable bonds is 7. The molecule has 2 aromatic carbocycles. The van der Waals surface area contributed by atoms with Crippen LogP contribution in [0.2, 0.25) is 0 Å². The van der Waals surface area contributed by atoms with E-state index in [9.17, 15) is 14.4 Å². The first-order chi connectivity index (χ1) is 15.5. The summed E-state index contributed by atoms with van der Waals surface area (Å²) in [5.41, 5.74) is 2.51. The SMILES string of the molecule is CCCN(C(=O)CCC(=O)O)C1c2ccccc2N(C(=O)c2ccccc2)C2CCCC12. The van der Waals surface area contributed by atoms with Gasteiger partial charge < -0.3 is 14.9 Å². The van der Waals surface area contributed by atoms with Crippen molar-refractivity contribution in [1.29, 1.82) is 0 Å². The van der Waals surface area contributed by atoms with E-state index in [1.165, 1.54) is 0 Å². The minimum atomic E-state index is -0.961. The molecule has 1 fully saturated rings. The van der Waals surface area contributed by atoms with Gasteiger partial charge >= 0.3 is 5.97 Å². The molecule has 1 aliphatic carbocycles. The quantitative estimate of drug-likeness (QED) is 0.687. The van der Waals surface area contributed by atoms with Crippen molar-refractivity contribution in [3.63, 3.8) is 0 Å². The van der Waals surface area contributed by atoms with Crippen LogP contribution >= 0.6 is 0 Å². The van der Waals surface area contributed by atoms with Crippen LogP contribution in [0.1, 0.15) is 67.4 Å². The molecule has 3 atom stereocenters. The minimum Gasteiger partial charge on any atom is -0.481 e. The average molecular weight is 435 g/mol. The summed E-state index contributed by atoms with van der Waals surface area (Å²) in [7, 11) is 0. The molecule has 1 saturated carbocycles. The lowest BCUT2D eigenvalue weighted by Gasteiger charge is -2.47. The first-order valence-corrected chi connectivity index (χ1v) is 11.5. The maximum absolute atomic E-state index is 13.6. The molecule has 2 amide bonds. The zero-order chi connectivity index (χ0) is 22.7. The molecule has 32 heavy (non-hydrogen) atoms. The number of carboxylic acid groups (broad SMARTS) is 1. The summed E-state index contributed by atoms with van der Waals surface area (Å²) in [4.78, 5) is 41.7. The molecule has 1 N–H and O–H groups in total. The van der Waals surface area contributed by atoms with Crippen molar-refractivity contribution in [2.24, 2.45) is 5.92 Å². The molecule has 1 heterocycles. The van der Waals surface area contributed by atoms with Gasteiger partial charge in [0, 0.05) is 36.2 Å². The summed E-state index contributed by atoms with van der Waals surface area (Å²) in [5, 5.41) is 9.08. The molecule has 4 rings (SSSR count). The number of benzene rings is 2. The van der Waals surface area contributed by atoms with E-state index < -0.39 is 5.97 Å². The molecule has 168 valence electrons. The number of aliphatic carboxylic acids is 1. The van der Waals surface area contributed by atoms with Crippen molar-refractivity contribution in [3.8, 4) is 0 Å². The molecule has 3 unspecified atom stereocenters. The maximum atomic E-state index is 13.6. The third kappa shape index (κ3) is 4.14. The van der Waals surface area contributed by atoms with Crippen LogP contribution in [0.4, 0.5) is 5.69 Å². The van der Waals surface area contributed by atoms with E-state index in [0.29, 0.717) is 12.1 Å². The summed E-state index contributed by atoms with van der Waals surface area (Å²) in [6, 6.07) is 17.1. The third-order valence-electron chi connectivity index (χ3n) is 6.70. The Morgan fingerprint density at radius 1 is 1.00 bits per heavy atom. The Labute approximate surface area is 188 Å². The highest BCUT2D eigenvalue weighted by atomic mass is 16.4. The number of amides is 2. The van der Waals surface area contributed by atoms with Gasteiger partial charge in [0.2, 0.25) is 5.91 Å². The Kier molecular flexibility index (Phi) is 6.58. The first kappa shape index (κ1) is 22.1. The van der Waals surface area contributed by atoms with Crippen molar-refractivity contribution in [2.45, 2.75) is 57.5 Å². The highest BCUT2D eigenvalue weighted by Crippen LogP contribution is 2.50. The number of hydrogen-bond donors (Lipinski definition) is 1. The fourth-order valence-corrected chi connectivity index (χ4v) is 5.42. The number of fused-ring (bicyclic) bond motifs is 2. The second-order valence-electron chi connectivity index (χ2n) is 8.69. The number of anilines is 1. The number of nitrogens with zero attached hydrogens (tertiary/aromatic N) is 2. The molecule has 0 bridgehead atoms. The van der Waals surface area contributed by atoms with Crippen LogP contribution in [0.15, 0.2) is 54.6 Å². The van der Waals surface area contributed by atoms with Crippen LogP contribution in [0.25, 0.3) is 0 Å². The van der Waals surface area contributed by atoms with Crippen LogP contribution in [0.3, 0.4) is 0 Å². The third-order valence-corrected chi connectivity index (χ3v) is 6.70. The van der Waals surface area contributed by atoms with Crippen LogP contribution in [0, 0.1) is 5.92 Å². The Hall–Kier alpha value is -3.15. The summed E-state index contributed by atoms with van der Waals surface area (Å²) in [6.45, 7) is 2.61. The van der Waals surface area contributed by atoms with E-state index in [0.717, 1.165) is 36.9 Å². The van der Waals surface area contributed by atoms with Crippen molar-refractivity contribution < 1.29 is 19.5 Å². The number of carboxylic acids is 1. The van der Waals surface area contributed by atoms with Gasteiger partial charge in [0.1, 0.15) is 0 Å². The number of hydrogen-bond acceptors (Lipinski definition) is 3. The Morgan fingerprint density at radius 3 is 2.44 bits per heavy atom. The first-order valence-electron chi connectivity index (χ1n) is 11.5. The van der Waals surface area contributed by atoms with E-state index in [4.69, 9.17) is 5.11 Å². The summed E-state index contributed by atoms with van der Waals surface area (Å²) in [5.74, 6) is -0.953. The molecule has 6 heteroatoms. The van der Waals surface area contributed by atoms with E-state index >= 15 is 0 Å². The highest BCUT2D eigenvalue weighted by Gasteiger charge is 2.48. The van der Waals surface area contributed by atoms with Gasteiger partial charge in [0.15, 0.2) is 0 Å². The predicted molar refractivity (Wildman–Crippen MR) is 122 cm³/mol. The molecule has 2 aliphatic rings. The lowest BCUT2D eigenvalue weighted by molar-refractivity contribution is -0.142. The second-order valence-corrected chi connectivity index (χ2v) is 8.69. The topological polar surface area (TPSA) is 77.9 Å². The van der Waals surface area contributed by atoms with Gasteiger partial charge in [-0.3, -0.25) is 14.4 Å². The second kappa shape index (κ2) is 9.55. The molecule has 6 nitrogen and oxygen atoms in total. The lowest BCUT2D eigenvalue weighted by Crippen LogP contribution is -2.52. The van der Waals surface area contributed by atoms with E-state index in [1.54, 1.807) is 0 Å². The molecule has 0 aromatic heterocycles. The van der Waals surface area contributed by atoms with Crippen LogP contribution in [-0.4, -0.2) is 40.4 Å². The largest absolute Gasteiger partial charge is 0.481 e. The van der Waals surface area contributed by atoms with Gasteiger partial charge in [-0.1, -0.05) is 49.7 Å². The summed E-state index contributed by atoms with van der Waals surface area (Å²) in [6.07, 6.45) is 3.47. The van der Waals surface area contributed by atoms with Crippen molar-refractivity contribution >= 4 is 23.5 Å². The number of carbonyl (C=O) groups is 3. The summed E-state index contributed by atoms with van der Waals surface area (Å²) >= 11 is 0. The molecule has 0 saturated heterocycles. The highest BCUT2D eigenvalue weighted by molar-refractivity contribution is 6.07. The predicted octanol–water partition coefficient (Wildman–Crippen LogP) is 4.66. The summed E-state index contributed by atoms with van der Waals surface area (Å²) < 4.78 is 0. The number of carbonyl (C=O) groups excluding carboxylic acids is 2. The molecule has 0 radical (unpaired) electrons. The van der Waals surface area contributed by atoms with Crippen molar-refractivity contribution in [1.82, 2.24) is 4.90 Å². The van der Waals surface area contributed by atoms with Crippen molar-refractivity contribution in [3.05, 3.63) is 65.7 Å². The minimum absolute atomic E-state index is 0.00194. The van der Waals surface area contributed by atoms with Gasteiger partial charge in [-0.25, -0.2) is 0 Å². The Bertz CT molecular complexity index is 990. The fourth-order valence-electron chi connectivity index (χ4n) is 5.42. The monoisotopic (exact) mass is 434 g/mol.